The highest BCUT2D eigenvalue weighted by Crippen LogP contribution is 2.38. The van der Waals surface area contributed by atoms with E-state index in [1.165, 1.54) is 25.0 Å². The number of ether oxygens (including phenoxy) is 1. The molecule has 3 heteroatoms. The first-order valence-corrected chi connectivity index (χ1v) is 6.34. The van der Waals surface area contributed by atoms with Gasteiger partial charge >= 0.3 is 0 Å². The van der Waals surface area contributed by atoms with Crippen molar-refractivity contribution in [3.63, 3.8) is 0 Å². The van der Waals surface area contributed by atoms with Gasteiger partial charge in [-0.2, -0.15) is 0 Å². The van der Waals surface area contributed by atoms with E-state index in [1.807, 2.05) is 18.3 Å². The second kappa shape index (κ2) is 4.94. The standard InChI is InChI=1S/C10H8FN.C5H8O/c11-9-5-3-8(4-6-9)10-2-1-7-12-10;1-2-5-4(1)3-6-5/h1-7,12H;4-5H,1-3H2. The Morgan fingerprint density at radius 3 is 2.28 bits per heavy atom. The molecule has 0 amide bonds. The van der Waals surface area contributed by atoms with Crippen LogP contribution in [0.15, 0.2) is 42.6 Å². The molecule has 0 spiro atoms. The third-order valence-electron chi connectivity index (χ3n) is 3.63. The minimum Gasteiger partial charge on any atom is -0.377 e. The highest BCUT2D eigenvalue weighted by Gasteiger charge is 2.39. The molecule has 1 aromatic carbocycles. The molecular weight excluding hydrogens is 229 g/mol. The smallest absolute Gasteiger partial charge is 0.123 e. The number of nitrogens with one attached hydrogen (secondary N) is 1. The Morgan fingerprint density at radius 2 is 1.89 bits per heavy atom. The first-order valence-electron chi connectivity index (χ1n) is 6.34. The number of H-pyrrole nitrogens is 1. The van der Waals surface area contributed by atoms with E-state index in [4.69, 9.17) is 4.74 Å². The number of hydrogen-bond acceptors (Lipinski definition) is 1. The van der Waals surface area contributed by atoms with E-state index in [-0.39, 0.29) is 5.82 Å². The van der Waals surface area contributed by atoms with Gasteiger partial charge in [-0.3, -0.25) is 0 Å². The Hall–Kier alpha value is -1.61. The van der Waals surface area contributed by atoms with Gasteiger partial charge in [0, 0.05) is 17.8 Å². The fraction of sp³-hybridized carbons (Fsp3) is 0.333. The summed E-state index contributed by atoms with van der Waals surface area (Å²) in [5.41, 5.74) is 2.01. The minimum atomic E-state index is -0.203. The van der Waals surface area contributed by atoms with Gasteiger partial charge in [-0.25, -0.2) is 4.39 Å². The zero-order valence-corrected chi connectivity index (χ0v) is 10.1. The predicted molar refractivity (Wildman–Crippen MR) is 68.7 cm³/mol. The summed E-state index contributed by atoms with van der Waals surface area (Å²) in [6.07, 6.45) is 5.33. The molecule has 0 radical (unpaired) electrons. The van der Waals surface area contributed by atoms with Crippen LogP contribution >= 0.6 is 0 Å². The lowest BCUT2D eigenvalue weighted by Crippen LogP contribution is -2.47. The SMILES string of the molecule is C1CC2OCC12.Fc1ccc(-c2ccc[nH]2)cc1. The highest BCUT2D eigenvalue weighted by atomic mass is 19.1. The van der Waals surface area contributed by atoms with E-state index >= 15 is 0 Å². The third-order valence-corrected chi connectivity index (χ3v) is 3.63. The number of aromatic nitrogens is 1. The average molecular weight is 245 g/mol. The molecule has 1 aliphatic carbocycles. The Labute approximate surface area is 106 Å². The van der Waals surface area contributed by atoms with E-state index in [2.05, 4.69) is 4.98 Å². The van der Waals surface area contributed by atoms with Crippen molar-refractivity contribution in [2.24, 2.45) is 5.92 Å². The molecule has 0 bridgehead atoms. The van der Waals surface area contributed by atoms with Crippen LogP contribution < -0.4 is 0 Å². The summed E-state index contributed by atoms with van der Waals surface area (Å²) in [6, 6.07) is 10.3. The monoisotopic (exact) mass is 245 g/mol. The fourth-order valence-electron chi connectivity index (χ4n) is 2.21. The molecule has 1 aliphatic heterocycles. The van der Waals surface area contributed by atoms with E-state index in [9.17, 15) is 4.39 Å². The van der Waals surface area contributed by atoms with Gasteiger partial charge in [0.1, 0.15) is 5.82 Å². The molecule has 2 fully saturated rings. The van der Waals surface area contributed by atoms with Gasteiger partial charge in [0.05, 0.1) is 12.7 Å². The van der Waals surface area contributed by atoms with E-state index in [0.29, 0.717) is 6.10 Å². The average Bonchev–Trinajstić information content (AvgIpc) is 2.89. The Kier molecular flexibility index (Phi) is 3.15. The van der Waals surface area contributed by atoms with Gasteiger partial charge in [-0.05, 0) is 54.8 Å². The molecule has 1 aromatic heterocycles. The summed E-state index contributed by atoms with van der Waals surface area (Å²) in [4.78, 5) is 3.05. The third kappa shape index (κ3) is 2.31. The van der Waals surface area contributed by atoms with Crippen LogP contribution in [0.3, 0.4) is 0 Å². The second-order valence-corrected chi connectivity index (χ2v) is 4.80. The van der Waals surface area contributed by atoms with Gasteiger partial charge in [0.25, 0.3) is 0 Å². The number of benzene rings is 1. The van der Waals surface area contributed by atoms with Crippen molar-refractivity contribution in [3.05, 3.63) is 48.4 Å². The zero-order valence-electron chi connectivity index (χ0n) is 10.1. The molecule has 2 atom stereocenters. The van der Waals surface area contributed by atoms with Crippen molar-refractivity contribution in [2.45, 2.75) is 18.9 Å². The predicted octanol–water partition coefficient (Wildman–Crippen LogP) is 3.62. The second-order valence-electron chi connectivity index (χ2n) is 4.80. The van der Waals surface area contributed by atoms with Crippen molar-refractivity contribution in [1.29, 1.82) is 0 Å². The van der Waals surface area contributed by atoms with Gasteiger partial charge < -0.3 is 9.72 Å². The van der Waals surface area contributed by atoms with Crippen molar-refractivity contribution in [2.75, 3.05) is 6.61 Å². The largest absolute Gasteiger partial charge is 0.377 e. The maximum Gasteiger partial charge on any atom is 0.123 e. The summed E-state index contributed by atoms with van der Waals surface area (Å²) in [6.45, 7) is 1.06. The number of rotatable bonds is 1. The van der Waals surface area contributed by atoms with Crippen molar-refractivity contribution in [1.82, 2.24) is 4.98 Å². The molecule has 1 saturated heterocycles. The number of aromatic amines is 1. The highest BCUT2D eigenvalue weighted by molar-refractivity contribution is 5.58. The van der Waals surface area contributed by atoms with Crippen molar-refractivity contribution >= 4 is 0 Å². The summed E-state index contributed by atoms with van der Waals surface area (Å²) in [5.74, 6) is 0.787. The van der Waals surface area contributed by atoms with Gasteiger partial charge in [-0.1, -0.05) is 0 Å². The Morgan fingerprint density at radius 1 is 1.11 bits per heavy atom. The topological polar surface area (TPSA) is 25.0 Å². The van der Waals surface area contributed by atoms with Crippen LogP contribution in [-0.2, 0) is 4.74 Å². The van der Waals surface area contributed by atoms with Crippen LogP contribution in [0.1, 0.15) is 12.8 Å². The fourth-order valence-corrected chi connectivity index (χ4v) is 2.21. The summed E-state index contributed by atoms with van der Waals surface area (Å²) in [7, 11) is 0. The zero-order chi connectivity index (χ0) is 12.4. The normalized spacial score (nSPS) is 24.1. The van der Waals surface area contributed by atoms with Crippen molar-refractivity contribution in [3.8, 4) is 11.3 Å². The lowest BCUT2D eigenvalue weighted by atomic mass is 9.78. The van der Waals surface area contributed by atoms with E-state index in [1.54, 1.807) is 12.1 Å². The molecular formula is C15H16FNO. The van der Waals surface area contributed by atoms with Crippen LogP contribution in [0.4, 0.5) is 4.39 Å². The molecule has 2 aromatic rings. The molecule has 18 heavy (non-hydrogen) atoms. The van der Waals surface area contributed by atoms with Crippen LogP contribution in [0.5, 0.6) is 0 Å². The van der Waals surface area contributed by atoms with Crippen LogP contribution in [0, 0.1) is 11.7 Å². The van der Waals surface area contributed by atoms with Crippen LogP contribution in [0.25, 0.3) is 11.3 Å². The van der Waals surface area contributed by atoms with Gasteiger partial charge in [-0.15, -0.1) is 0 Å². The summed E-state index contributed by atoms with van der Waals surface area (Å²) < 4.78 is 17.6. The van der Waals surface area contributed by atoms with Crippen LogP contribution in [0.2, 0.25) is 0 Å². The van der Waals surface area contributed by atoms with E-state index < -0.39 is 0 Å². The van der Waals surface area contributed by atoms with Crippen LogP contribution in [-0.4, -0.2) is 17.7 Å². The Balaban J connectivity index is 0.000000137. The minimum absolute atomic E-state index is 0.203. The molecule has 2 heterocycles. The first kappa shape index (κ1) is 11.5. The lowest BCUT2D eigenvalue weighted by Gasteiger charge is -2.45. The quantitative estimate of drug-likeness (QED) is 0.815. The molecule has 1 saturated carbocycles. The molecule has 4 rings (SSSR count). The van der Waals surface area contributed by atoms with Gasteiger partial charge in [0.2, 0.25) is 0 Å². The van der Waals surface area contributed by atoms with Gasteiger partial charge in [0.15, 0.2) is 0 Å². The molecule has 94 valence electrons. The Bertz CT molecular complexity index is 474. The van der Waals surface area contributed by atoms with Crippen molar-refractivity contribution < 1.29 is 9.13 Å². The summed E-state index contributed by atoms with van der Waals surface area (Å²) in [5, 5.41) is 0. The number of halogens is 1. The number of fused-ring (bicyclic) bond motifs is 1. The molecule has 2 aliphatic rings. The number of hydrogen-bond donors (Lipinski definition) is 1. The maximum absolute atomic E-state index is 12.5. The maximum atomic E-state index is 12.5. The first-order chi connectivity index (χ1) is 8.83. The molecule has 2 nitrogen and oxygen atoms in total. The summed E-state index contributed by atoms with van der Waals surface area (Å²) >= 11 is 0. The lowest BCUT2D eigenvalue weighted by molar-refractivity contribution is -0.173. The molecule has 1 N–H and O–H groups in total. The molecule has 2 unspecified atom stereocenters. The van der Waals surface area contributed by atoms with E-state index in [0.717, 1.165) is 23.8 Å².